The maximum absolute atomic E-state index is 12.5. The number of carbonyl (C=O) groups is 5. The summed E-state index contributed by atoms with van der Waals surface area (Å²) in [7, 11) is 1.40. The van der Waals surface area contributed by atoms with E-state index in [2.05, 4.69) is 10.6 Å². The zero-order valence-corrected chi connectivity index (χ0v) is 23.7. The van der Waals surface area contributed by atoms with E-state index in [1.165, 1.54) is 37.4 Å². The molecule has 0 fully saturated rings. The van der Waals surface area contributed by atoms with E-state index in [0.29, 0.717) is 16.8 Å². The number of methoxy groups -OCH3 is 1. The molecule has 0 atom stereocenters. The second-order valence-corrected chi connectivity index (χ2v) is 8.31. The number of carbonyl (C=O) groups excluding carboxylic acids is 2. The minimum absolute atomic E-state index is 0.00630. The van der Waals surface area contributed by atoms with E-state index >= 15 is 0 Å². The Labute approximate surface area is 259 Å². The SMILES string of the molecule is COc1cc(NC(=N)N)ccc1C(=O)NCCOc1cc(C(=N)N)ccc1CC(=O)C(=O)O.O=C(O)C(F)(F)F.O=C(O)C(F)(F)F. The molecular weight excluding hydrogens is 658 g/mol. The minimum atomic E-state index is -5.08. The van der Waals surface area contributed by atoms with Crippen LogP contribution < -0.4 is 31.6 Å². The molecule has 2 rings (SSSR count). The lowest BCUT2D eigenvalue weighted by Crippen LogP contribution is -2.29. The number of Topliss-reactive ketones (excluding diaryl/α,β-unsaturated/α-hetero) is 1. The average Bonchev–Trinajstić information content (AvgIpc) is 2.94. The van der Waals surface area contributed by atoms with Gasteiger partial charge in [0, 0.05) is 29.3 Å². The molecule has 16 nitrogen and oxygen atoms in total. The lowest BCUT2D eigenvalue weighted by Gasteiger charge is -2.14. The molecule has 0 saturated heterocycles. The van der Waals surface area contributed by atoms with Crippen molar-refractivity contribution in [3.05, 3.63) is 53.1 Å². The van der Waals surface area contributed by atoms with Crippen molar-refractivity contribution in [3.8, 4) is 11.5 Å². The van der Waals surface area contributed by atoms with Gasteiger partial charge < -0.3 is 46.9 Å². The number of amidine groups is 1. The van der Waals surface area contributed by atoms with Crippen molar-refractivity contribution in [3.63, 3.8) is 0 Å². The third-order valence-electron chi connectivity index (χ3n) is 4.82. The molecule has 11 N–H and O–H groups in total. The molecule has 1 amide bonds. The van der Waals surface area contributed by atoms with Gasteiger partial charge in [-0.2, -0.15) is 26.3 Å². The lowest BCUT2D eigenvalue weighted by molar-refractivity contribution is -0.193. The number of halogens is 6. The number of anilines is 1. The second kappa shape index (κ2) is 18.0. The topological polar surface area (TPSA) is 288 Å². The molecule has 0 aliphatic heterocycles. The fourth-order valence-electron chi connectivity index (χ4n) is 2.78. The van der Waals surface area contributed by atoms with Gasteiger partial charge in [-0.1, -0.05) is 12.1 Å². The van der Waals surface area contributed by atoms with Crippen molar-refractivity contribution in [2.75, 3.05) is 25.6 Å². The van der Waals surface area contributed by atoms with Crippen LogP contribution in [-0.4, -0.2) is 89.3 Å². The van der Waals surface area contributed by atoms with Gasteiger partial charge in [0.25, 0.3) is 5.91 Å². The molecule has 0 spiro atoms. The lowest BCUT2D eigenvalue weighted by atomic mass is 10.0. The fraction of sp³-hybridized carbons (Fsp3) is 0.240. The van der Waals surface area contributed by atoms with Gasteiger partial charge in [-0.05, 0) is 18.2 Å². The first-order valence-electron chi connectivity index (χ1n) is 12.0. The number of hydrogen-bond donors (Lipinski definition) is 9. The Balaban J connectivity index is 0.00000126. The summed E-state index contributed by atoms with van der Waals surface area (Å²) >= 11 is 0. The zero-order chi connectivity index (χ0) is 36.7. The van der Waals surface area contributed by atoms with E-state index < -0.39 is 48.4 Å². The normalized spacial score (nSPS) is 10.4. The number of amides is 1. The van der Waals surface area contributed by atoms with Crippen LogP contribution in [0.1, 0.15) is 21.5 Å². The number of alkyl halides is 6. The smallest absolute Gasteiger partial charge is 0.490 e. The van der Waals surface area contributed by atoms with Crippen molar-refractivity contribution in [1.82, 2.24) is 5.32 Å². The molecule has 2 aromatic carbocycles. The maximum Gasteiger partial charge on any atom is 0.490 e. The number of nitrogens with one attached hydrogen (secondary N) is 4. The number of guanidine groups is 1. The van der Waals surface area contributed by atoms with Gasteiger partial charge in [-0.3, -0.25) is 20.4 Å². The van der Waals surface area contributed by atoms with Gasteiger partial charge in [0.05, 0.1) is 19.2 Å². The van der Waals surface area contributed by atoms with Crippen LogP contribution >= 0.6 is 0 Å². The molecule has 0 aromatic heterocycles. The monoisotopic (exact) mass is 684 g/mol. The van der Waals surface area contributed by atoms with Crippen LogP contribution in [0.3, 0.4) is 0 Å². The van der Waals surface area contributed by atoms with E-state index in [0.717, 1.165) is 0 Å². The molecule has 47 heavy (non-hydrogen) atoms. The summed E-state index contributed by atoms with van der Waals surface area (Å²) in [6.07, 6.45) is -10.6. The molecule has 0 unspecified atom stereocenters. The maximum atomic E-state index is 12.5. The number of aliphatic carboxylic acids is 3. The van der Waals surface area contributed by atoms with Crippen molar-refractivity contribution < 1.29 is 75.1 Å². The van der Waals surface area contributed by atoms with Crippen LogP contribution in [0, 0.1) is 10.8 Å². The van der Waals surface area contributed by atoms with Gasteiger partial charge in [-0.15, -0.1) is 0 Å². The number of ether oxygens (including phenoxy) is 2. The van der Waals surface area contributed by atoms with Crippen molar-refractivity contribution in [1.29, 1.82) is 10.8 Å². The first-order chi connectivity index (χ1) is 21.5. The van der Waals surface area contributed by atoms with E-state index in [-0.39, 0.29) is 42.0 Å². The largest absolute Gasteiger partial charge is 0.496 e. The van der Waals surface area contributed by atoms with E-state index in [9.17, 15) is 40.7 Å². The summed E-state index contributed by atoms with van der Waals surface area (Å²) in [6.45, 7) is 0.0691. The summed E-state index contributed by atoms with van der Waals surface area (Å²) < 4.78 is 74.3. The predicted octanol–water partition coefficient (Wildman–Crippen LogP) is 1.56. The van der Waals surface area contributed by atoms with Crippen LogP contribution in [0.5, 0.6) is 11.5 Å². The first kappa shape index (κ1) is 40.9. The standard InChI is InChI=1S/C21H24N6O6.2C2HF3O2/c1-32-17-10-13(27-21(24)25)4-5-14(17)19(29)26-6-7-33-16-9-12(18(22)23)3-2-11(16)8-15(28)20(30)31;2*3-2(4,5)1(6)7/h2-5,9-10H,6-8H2,1H3,(H3,22,23)(H,26,29)(H,30,31)(H4,24,25,27);2*(H,6,7). The van der Waals surface area contributed by atoms with Crippen LogP contribution in [0.15, 0.2) is 36.4 Å². The Morgan fingerprint density at radius 1 is 0.851 bits per heavy atom. The Bertz CT molecular complexity index is 1470. The Kier molecular flexibility index (Phi) is 15.7. The van der Waals surface area contributed by atoms with Crippen LogP contribution in [0.4, 0.5) is 32.0 Å². The van der Waals surface area contributed by atoms with Gasteiger partial charge in [0.2, 0.25) is 5.78 Å². The quantitative estimate of drug-likeness (QED) is 0.0535. The highest BCUT2D eigenvalue weighted by Crippen LogP contribution is 2.24. The molecule has 0 radical (unpaired) electrons. The van der Waals surface area contributed by atoms with E-state index in [4.69, 9.17) is 56.7 Å². The Hall–Kier alpha value is -6.09. The van der Waals surface area contributed by atoms with Crippen molar-refractivity contribution >= 4 is 47.1 Å². The molecule has 258 valence electrons. The van der Waals surface area contributed by atoms with Crippen molar-refractivity contribution in [2.45, 2.75) is 18.8 Å². The molecule has 0 aliphatic rings. The van der Waals surface area contributed by atoms with Crippen molar-refractivity contribution in [2.24, 2.45) is 11.5 Å². The first-order valence-corrected chi connectivity index (χ1v) is 12.0. The predicted molar refractivity (Wildman–Crippen MR) is 148 cm³/mol. The number of nitrogens with two attached hydrogens (primary N) is 2. The van der Waals surface area contributed by atoms with Gasteiger partial charge in [0.15, 0.2) is 5.96 Å². The summed E-state index contributed by atoms with van der Waals surface area (Å²) in [5.41, 5.74) is 12.2. The Morgan fingerprint density at radius 3 is 1.81 bits per heavy atom. The van der Waals surface area contributed by atoms with E-state index in [1.807, 2.05) is 0 Å². The summed E-state index contributed by atoms with van der Waals surface area (Å²) in [5, 5.41) is 43.1. The molecular formula is C25H26F6N6O10. The molecule has 0 bridgehead atoms. The molecule has 2 aromatic rings. The minimum Gasteiger partial charge on any atom is -0.496 e. The number of carboxylic acids is 3. The fourth-order valence-corrected chi connectivity index (χ4v) is 2.78. The molecule has 0 saturated carbocycles. The number of benzene rings is 2. The number of nitrogen functional groups attached to an aromatic ring is 1. The highest BCUT2D eigenvalue weighted by molar-refractivity contribution is 6.33. The number of rotatable bonds is 11. The molecule has 0 aliphatic carbocycles. The van der Waals surface area contributed by atoms with Crippen LogP contribution in [0.2, 0.25) is 0 Å². The van der Waals surface area contributed by atoms with Gasteiger partial charge in [-0.25, -0.2) is 14.4 Å². The number of ketones is 1. The van der Waals surface area contributed by atoms with E-state index in [1.54, 1.807) is 6.07 Å². The average molecular weight is 685 g/mol. The Morgan fingerprint density at radius 2 is 1.38 bits per heavy atom. The molecule has 22 heteroatoms. The molecule has 0 heterocycles. The number of hydrogen-bond acceptors (Lipinski definition) is 9. The highest BCUT2D eigenvalue weighted by atomic mass is 19.4. The zero-order valence-electron chi connectivity index (χ0n) is 23.7. The third-order valence-corrected chi connectivity index (χ3v) is 4.82. The van der Waals surface area contributed by atoms with Crippen LogP contribution in [0.25, 0.3) is 0 Å². The second-order valence-electron chi connectivity index (χ2n) is 8.31. The summed E-state index contributed by atoms with van der Waals surface area (Å²) in [4.78, 5) is 52.8. The van der Waals surface area contributed by atoms with Gasteiger partial charge >= 0.3 is 30.3 Å². The van der Waals surface area contributed by atoms with Gasteiger partial charge in [0.1, 0.15) is 23.9 Å². The van der Waals surface area contributed by atoms with Crippen LogP contribution in [-0.2, 0) is 25.6 Å². The summed E-state index contributed by atoms with van der Waals surface area (Å²) in [6, 6.07) is 8.97. The summed E-state index contributed by atoms with van der Waals surface area (Å²) in [5.74, 6) is -8.57. The third kappa shape index (κ3) is 15.5. The number of carboxylic acid groups (broad SMARTS) is 3. The highest BCUT2D eigenvalue weighted by Gasteiger charge is 2.38.